The van der Waals surface area contributed by atoms with E-state index >= 15 is 0 Å². The Kier molecular flexibility index (Phi) is 4.07. The first-order valence-corrected chi connectivity index (χ1v) is 6.62. The van der Waals surface area contributed by atoms with Crippen molar-refractivity contribution in [3.05, 3.63) is 23.2 Å². The van der Waals surface area contributed by atoms with Crippen LogP contribution >= 0.6 is 0 Å². The van der Waals surface area contributed by atoms with Gasteiger partial charge in [-0.1, -0.05) is 0 Å². The molecule has 0 atom stereocenters. The van der Waals surface area contributed by atoms with Crippen molar-refractivity contribution in [1.82, 2.24) is 10.2 Å². The summed E-state index contributed by atoms with van der Waals surface area (Å²) in [6.45, 7) is 6.49. The van der Waals surface area contributed by atoms with E-state index in [0.29, 0.717) is 5.92 Å². The number of hydrogen-bond donors (Lipinski definition) is 1. The number of hydrogen-bond acceptors (Lipinski definition) is 3. The average molecular weight is 250 g/mol. The Morgan fingerprint density at radius 3 is 2.61 bits per heavy atom. The number of furan rings is 1. The van der Waals surface area contributed by atoms with Crippen molar-refractivity contribution in [3.63, 3.8) is 0 Å². The molecule has 0 spiro atoms. The number of piperidine rings is 1. The van der Waals surface area contributed by atoms with Crippen molar-refractivity contribution in [2.24, 2.45) is 5.92 Å². The highest BCUT2D eigenvalue weighted by atomic mass is 16.3. The first kappa shape index (κ1) is 13.1. The molecule has 1 saturated heterocycles. The maximum Gasteiger partial charge on any atom is 0.257 e. The zero-order valence-corrected chi connectivity index (χ0v) is 11.5. The molecule has 0 saturated carbocycles. The smallest absolute Gasteiger partial charge is 0.257 e. The van der Waals surface area contributed by atoms with Gasteiger partial charge in [-0.3, -0.25) is 4.79 Å². The third-order valence-electron chi connectivity index (χ3n) is 3.67. The Hall–Kier alpha value is -1.29. The summed E-state index contributed by atoms with van der Waals surface area (Å²) in [5.41, 5.74) is 0.722. The Balaban J connectivity index is 1.97. The number of carbonyl (C=O) groups excluding carboxylic acids is 1. The second-order valence-corrected chi connectivity index (χ2v) is 5.12. The maximum atomic E-state index is 12.3. The largest absolute Gasteiger partial charge is 0.466 e. The van der Waals surface area contributed by atoms with Crippen molar-refractivity contribution < 1.29 is 9.21 Å². The second-order valence-electron chi connectivity index (χ2n) is 5.12. The molecule has 1 aromatic heterocycles. The molecule has 2 heterocycles. The standard InChI is InChI=1S/C14H22N2O2/c1-10-8-13(11(2)18-10)14(17)16-6-4-12(5-7-16)9-15-3/h8,12,15H,4-7,9H2,1-3H3. The first-order chi connectivity index (χ1) is 8.61. The highest BCUT2D eigenvalue weighted by Gasteiger charge is 2.25. The highest BCUT2D eigenvalue weighted by molar-refractivity contribution is 5.95. The van der Waals surface area contributed by atoms with Crippen molar-refractivity contribution in [2.45, 2.75) is 26.7 Å². The molecule has 0 radical (unpaired) electrons. The average Bonchev–Trinajstić information content (AvgIpc) is 2.69. The van der Waals surface area contributed by atoms with Gasteiger partial charge in [-0.25, -0.2) is 0 Å². The molecule has 1 aliphatic rings. The highest BCUT2D eigenvalue weighted by Crippen LogP contribution is 2.21. The van der Waals surface area contributed by atoms with Crippen LogP contribution in [-0.2, 0) is 0 Å². The lowest BCUT2D eigenvalue weighted by Gasteiger charge is -2.31. The van der Waals surface area contributed by atoms with E-state index in [9.17, 15) is 4.79 Å². The second kappa shape index (κ2) is 5.57. The minimum absolute atomic E-state index is 0.118. The van der Waals surface area contributed by atoms with E-state index in [1.165, 1.54) is 0 Å². The molecule has 1 N–H and O–H groups in total. The van der Waals surface area contributed by atoms with E-state index in [0.717, 1.165) is 49.6 Å². The summed E-state index contributed by atoms with van der Waals surface area (Å²) < 4.78 is 5.43. The topological polar surface area (TPSA) is 45.5 Å². The van der Waals surface area contributed by atoms with E-state index in [-0.39, 0.29) is 5.91 Å². The summed E-state index contributed by atoms with van der Waals surface area (Å²) in [4.78, 5) is 14.3. The Morgan fingerprint density at radius 2 is 2.11 bits per heavy atom. The summed E-state index contributed by atoms with van der Waals surface area (Å²) in [7, 11) is 1.98. The van der Waals surface area contributed by atoms with Gasteiger partial charge in [-0.2, -0.15) is 0 Å². The molecule has 1 amide bonds. The summed E-state index contributed by atoms with van der Waals surface area (Å²) in [6.07, 6.45) is 2.17. The molecule has 1 aromatic rings. The first-order valence-electron chi connectivity index (χ1n) is 6.62. The number of carbonyl (C=O) groups is 1. The zero-order valence-electron chi connectivity index (χ0n) is 11.5. The number of nitrogens with one attached hydrogen (secondary N) is 1. The molecule has 4 heteroatoms. The van der Waals surface area contributed by atoms with E-state index < -0.39 is 0 Å². The Morgan fingerprint density at radius 1 is 1.44 bits per heavy atom. The number of likely N-dealkylation sites (tertiary alicyclic amines) is 1. The summed E-state index contributed by atoms with van der Waals surface area (Å²) in [6, 6.07) is 1.84. The van der Waals surface area contributed by atoms with Crippen LogP contribution in [0.3, 0.4) is 0 Å². The summed E-state index contributed by atoms with van der Waals surface area (Å²) in [5.74, 6) is 2.36. The van der Waals surface area contributed by atoms with Gasteiger partial charge in [0.1, 0.15) is 11.5 Å². The lowest BCUT2D eigenvalue weighted by Crippen LogP contribution is -2.40. The van der Waals surface area contributed by atoms with Gasteiger partial charge in [-0.15, -0.1) is 0 Å². The summed E-state index contributed by atoms with van der Waals surface area (Å²) >= 11 is 0. The molecule has 0 aromatic carbocycles. The van der Waals surface area contributed by atoms with Gasteiger partial charge in [0, 0.05) is 13.1 Å². The van der Waals surface area contributed by atoms with Crippen molar-refractivity contribution in [1.29, 1.82) is 0 Å². The van der Waals surface area contributed by atoms with Crippen molar-refractivity contribution in [2.75, 3.05) is 26.7 Å². The van der Waals surface area contributed by atoms with Gasteiger partial charge in [0.25, 0.3) is 5.91 Å². The fraction of sp³-hybridized carbons (Fsp3) is 0.643. The number of nitrogens with zero attached hydrogens (tertiary/aromatic N) is 1. The van der Waals surface area contributed by atoms with Crippen LogP contribution in [0, 0.1) is 19.8 Å². The molecule has 0 bridgehead atoms. The van der Waals surface area contributed by atoms with Crippen LogP contribution in [0.5, 0.6) is 0 Å². The molecular formula is C14H22N2O2. The molecule has 1 aliphatic heterocycles. The number of rotatable bonds is 3. The van der Waals surface area contributed by atoms with Gasteiger partial charge >= 0.3 is 0 Å². The Labute approximate surface area is 108 Å². The van der Waals surface area contributed by atoms with E-state index in [4.69, 9.17) is 4.42 Å². The van der Waals surface area contributed by atoms with Crippen molar-refractivity contribution >= 4 is 5.91 Å². The molecular weight excluding hydrogens is 228 g/mol. The normalized spacial score (nSPS) is 17.2. The van der Waals surface area contributed by atoms with Gasteiger partial charge < -0.3 is 14.6 Å². The lowest BCUT2D eigenvalue weighted by atomic mass is 9.96. The molecule has 1 fully saturated rings. The minimum Gasteiger partial charge on any atom is -0.466 e. The van der Waals surface area contributed by atoms with Crippen LogP contribution in [0.15, 0.2) is 10.5 Å². The van der Waals surface area contributed by atoms with E-state index in [1.807, 2.05) is 31.9 Å². The van der Waals surface area contributed by atoms with Crippen LogP contribution in [0.1, 0.15) is 34.7 Å². The van der Waals surface area contributed by atoms with Crippen LogP contribution < -0.4 is 5.32 Å². The van der Waals surface area contributed by atoms with E-state index in [1.54, 1.807) is 0 Å². The molecule has 2 rings (SSSR count). The molecule has 0 unspecified atom stereocenters. The molecule has 4 nitrogen and oxygen atoms in total. The van der Waals surface area contributed by atoms with Crippen LogP contribution in [0.4, 0.5) is 0 Å². The van der Waals surface area contributed by atoms with Gasteiger partial charge in [0.15, 0.2) is 0 Å². The SMILES string of the molecule is CNCC1CCN(C(=O)c2cc(C)oc2C)CC1. The van der Waals surface area contributed by atoms with Crippen LogP contribution in [0.25, 0.3) is 0 Å². The van der Waals surface area contributed by atoms with E-state index in [2.05, 4.69) is 5.32 Å². The monoisotopic (exact) mass is 250 g/mol. The number of amides is 1. The fourth-order valence-corrected chi connectivity index (χ4v) is 2.64. The molecule has 18 heavy (non-hydrogen) atoms. The maximum absolute atomic E-state index is 12.3. The molecule has 100 valence electrons. The summed E-state index contributed by atoms with van der Waals surface area (Å²) in [5, 5.41) is 3.21. The molecule has 0 aliphatic carbocycles. The number of aryl methyl sites for hydroxylation is 2. The quantitative estimate of drug-likeness (QED) is 0.892. The van der Waals surface area contributed by atoms with Crippen molar-refractivity contribution in [3.8, 4) is 0 Å². The van der Waals surface area contributed by atoms with Gasteiger partial charge in [0.2, 0.25) is 0 Å². The Bertz CT molecular complexity index is 417. The third kappa shape index (κ3) is 2.75. The van der Waals surface area contributed by atoms with Gasteiger partial charge in [0.05, 0.1) is 5.56 Å². The lowest BCUT2D eigenvalue weighted by molar-refractivity contribution is 0.0689. The van der Waals surface area contributed by atoms with Crippen LogP contribution in [-0.4, -0.2) is 37.5 Å². The predicted molar refractivity (Wildman–Crippen MR) is 70.7 cm³/mol. The fourth-order valence-electron chi connectivity index (χ4n) is 2.64. The predicted octanol–water partition coefficient (Wildman–Crippen LogP) is 1.97. The third-order valence-corrected chi connectivity index (χ3v) is 3.67. The zero-order chi connectivity index (χ0) is 13.1. The minimum atomic E-state index is 0.118. The van der Waals surface area contributed by atoms with Crippen LogP contribution in [0.2, 0.25) is 0 Å². The van der Waals surface area contributed by atoms with Gasteiger partial charge in [-0.05, 0) is 52.3 Å².